The van der Waals surface area contributed by atoms with Crippen LogP contribution in [0.5, 0.6) is 0 Å². The third-order valence-electron chi connectivity index (χ3n) is 3.62. The molecule has 4 heteroatoms. The molecule has 0 fully saturated rings. The first-order valence-electron chi connectivity index (χ1n) is 7.97. The van der Waals surface area contributed by atoms with Gasteiger partial charge in [0.1, 0.15) is 5.54 Å². The van der Waals surface area contributed by atoms with Gasteiger partial charge in [-0.25, -0.2) is 0 Å². The summed E-state index contributed by atoms with van der Waals surface area (Å²) >= 11 is 0. The second kappa shape index (κ2) is 11.1. The van der Waals surface area contributed by atoms with Crippen LogP contribution >= 0.6 is 0 Å². The Morgan fingerprint density at radius 1 is 1.20 bits per heavy atom. The number of likely N-dealkylation sites (N-methyl/N-ethyl adjacent to an activating group) is 1. The molecule has 0 radical (unpaired) electrons. The number of nitrogens with one attached hydrogen (secondary N) is 1. The van der Waals surface area contributed by atoms with E-state index < -0.39 is 5.54 Å². The average molecular weight is 287 g/mol. The van der Waals surface area contributed by atoms with Gasteiger partial charge in [-0.1, -0.05) is 32.6 Å². The van der Waals surface area contributed by atoms with Crippen molar-refractivity contribution in [2.24, 2.45) is 0 Å². The van der Waals surface area contributed by atoms with Crippen molar-refractivity contribution in [3.63, 3.8) is 0 Å². The van der Waals surface area contributed by atoms with Crippen molar-refractivity contribution in [2.45, 2.75) is 77.9 Å². The van der Waals surface area contributed by atoms with E-state index in [1.54, 1.807) is 7.05 Å². The highest BCUT2D eigenvalue weighted by atomic mass is 16.5. The molecule has 20 heavy (non-hydrogen) atoms. The fourth-order valence-corrected chi connectivity index (χ4v) is 2.20. The van der Waals surface area contributed by atoms with Crippen LogP contribution in [0.25, 0.3) is 0 Å². The van der Waals surface area contributed by atoms with Crippen LogP contribution in [0.15, 0.2) is 0 Å². The van der Waals surface area contributed by atoms with Crippen LogP contribution in [-0.2, 0) is 14.3 Å². The molecule has 0 saturated carbocycles. The number of rotatable bonds is 12. The lowest BCUT2D eigenvalue weighted by molar-refractivity contribution is -0.152. The highest BCUT2D eigenvalue weighted by Crippen LogP contribution is 2.17. The average Bonchev–Trinajstić information content (AvgIpc) is 2.42. The smallest absolute Gasteiger partial charge is 0.326 e. The summed E-state index contributed by atoms with van der Waals surface area (Å²) in [5.74, 6) is -0.208. The Kier molecular flexibility index (Phi) is 10.8. The van der Waals surface area contributed by atoms with Crippen LogP contribution in [0.3, 0.4) is 0 Å². The Hall–Kier alpha value is -0.610. The summed E-state index contributed by atoms with van der Waals surface area (Å²) in [6.45, 7) is 9.10. The molecular weight excluding hydrogens is 254 g/mol. The van der Waals surface area contributed by atoms with Gasteiger partial charge in [0, 0.05) is 13.0 Å². The molecule has 0 aromatic heterocycles. The molecule has 2 unspecified atom stereocenters. The van der Waals surface area contributed by atoms with Gasteiger partial charge in [0.2, 0.25) is 0 Å². The van der Waals surface area contributed by atoms with Crippen molar-refractivity contribution in [3.8, 4) is 0 Å². The molecule has 0 amide bonds. The normalized spacial score (nSPS) is 15.7. The minimum Gasteiger partial charge on any atom is -0.465 e. The number of ether oxygens (including phenoxy) is 2. The summed E-state index contributed by atoms with van der Waals surface area (Å²) < 4.78 is 10.9. The van der Waals surface area contributed by atoms with Crippen LogP contribution < -0.4 is 5.32 Å². The van der Waals surface area contributed by atoms with Crippen molar-refractivity contribution >= 4 is 5.97 Å². The molecule has 0 aliphatic heterocycles. The lowest BCUT2D eigenvalue weighted by Gasteiger charge is -2.29. The number of hydrogen-bond donors (Lipinski definition) is 1. The maximum Gasteiger partial charge on any atom is 0.326 e. The van der Waals surface area contributed by atoms with E-state index in [1.807, 2.05) is 20.8 Å². The fourth-order valence-electron chi connectivity index (χ4n) is 2.20. The fraction of sp³-hybridized carbons (Fsp3) is 0.938. The highest BCUT2D eigenvalue weighted by molar-refractivity contribution is 5.80. The van der Waals surface area contributed by atoms with E-state index in [-0.39, 0.29) is 12.1 Å². The Morgan fingerprint density at radius 3 is 2.40 bits per heavy atom. The van der Waals surface area contributed by atoms with Gasteiger partial charge in [-0.05, 0) is 34.2 Å². The molecule has 120 valence electrons. The van der Waals surface area contributed by atoms with Gasteiger partial charge < -0.3 is 14.8 Å². The van der Waals surface area contributed by atoms with Crippen LogP contribution in [-0.4, -0.2) is 37.9 Å². The molecular formula is C16H33NO3. The molecule has 0 saturated heterocycles. The number of hydrogen-bond acceptors (Lipinski definition) is 4. The zero-order valence-corrected chi connectivity index (χ0v) is 14.0. The summed E-state index contributed by atoms with van der Waals surface area (Å²) in [6, 6.07) is 0. The summed E-state index contributed by atoms with van der Waals surface area (Å²) in [7, 11) is 1.79. The van der Waals surface area contributed by atoms with Crippen LogP contribution in [0.4, 0.5) is 0 Å². The van der Waals surface area contributed by atoms with Gasteiger partial charge in [-0.3, -0.25) is 4.79 Å². The molecule has 0 heterocycles. The molecule has 0 rings (SSSR count). The van der Waals surface area contributed by atoms with Gasteiger partial charge in [0.25, 0.3) is 0 Å². The number of esters is 1. The standard InChI is InChI=1S/C16H33NO3/c1-6-8-9-10-11-12-20-14(3)13-16(4,17-5)15(18)19-7-2/h14,17H,6-13H2,1-5H3. The van der Waals surface area contributed by atoms with Crippen molar-refractivity contribution in [3.05, 3.63) is 0 Å². The van der Waals surface area contributed by atoms with Crippen molar-refractivity contribution in [1.82, 2.24) is 5.32 Å². The SMILES string of the molecule is CCCCCCCOC(C)CC(C)(NC)C(=O)OCC. The van der Waals surface area contributed by atoms with Crippen molar-refractivity contribution in [2.75, 3.05) is 20.3 Å². The third-order valence-corrected chi connectivity index (χ3v) is 3.62. The molecule has 4 nitrogen and oxygen atoms in total. The quantitative estimate of drug-likeness (QED) is 0.442. The largest absolute Gasteiger partial charge is 0.465 e. The van der Waals surface area contributed by atoms with Gasteiger partial charge in [-0.2, -0.15) is 0 Å². The van der Waals surface area contributed by atoms with E-state index in [4.69, 9.17) is 9.47 Å². The third kappa shape index (κ3) is 7.85. The molecule has 1 N–H and O–H groups in total. The second-order valence-corrected chi connectivity index (χ2v) is 5.60. The van der Waals surface area contributed by atoms with Gasteiger partial charge in [-0.15, -0.1) is 0 Å². The van der Waals surface area contributed by atoms with Crippen molar-refractivity contribution < 1.29 is 14.3 Å². The minimum absolute atomic E-state index is 0.0445. The summed E-state index contributed by atoms with van der Waals surface area (Å²) in [6.07, 6.45) is 6.83. The predicted molar refractivity (Wildman–Crippen MR) is 82.9 cm³/mol. The minimum atomic E-state index is -0.669. The molecule has 0 aliphatic rings. The molecule has 0 aromatic rings. The van der Waals surface area contributed by atoms with E-state index in [1.165, 1.54) is 25.7 Å². The Labute approximate surface area is 124 Å². The van der Waals surface area contributed by atoms with Gasteiger partial charge in [0.05, 0.1) is 12.7 Å². The van der Waals surface area contributed by atoms with Crippen LogP contribution in [0.2, 0.25) is 0 Å². The molecule has 2 atom stereocenters. The Morgan fingerprint density at radius 2 is 1.85 bits per heavy atom. The maximum absolute atomic E-state index is 11.9. The first-order chi connectivity index (χ1) is 9.50. The first kappa shape index (κ1) is 19.4. The van der Waals surface area contributed by atoms with Crippen LogP contribution in [0.1, 0.15) is 66.2 Å². The highest BCUT2D eigenvalue weighted by Gasteiger charge is 2.34. The van der Waals surface area contributed by atoms with Crippen LogP contribution in [0, 0.1) is 0 Å². The summed E-state index contributed by atoms with van der Waals surface area (Å²) in [5, 5.41) is 3.06. The molecule has 0 spiro atoms. The predicted octanol–water partition coefficient (Wildman–Crippen LogP) is 3.29. The Balaban J connectivity index is 3.97. The van der Waals surface area contributed by atoms with Gasteiger partial charge in [0.15, 0.2) is 0 Å². The topological polar surface area (TPSA) is 47.6 Å². The molecule has 0 aliphatic carbocycles. The monoisotopic (exact) mass is 287 g/mol. The molecule has 0 aromatic carbocycles. The van der Waals surface area contributed by atoms with E-state index in [0.717, 1.165) is 13.0 Å². The van der Waals surface area contributed by atoms with E-state index >= 15 is 0 Å². The zero-order chi connectivity index (χ0) is 15.4. The second-order valence-electron chi connectivity index (χ2n) is 5.60. The summed E-state index contributed by atoms with van der Waals surface area (Å²) in [4.78, 5) is 11.9. The van der Waals surface area contributed by atoms with E-state index in [9.17, 15) is 4.79 Å². The number of unbranched alkanes of at least 4 members (excludes halogenated alkanes) is 4. The molecule has 0 bridgehead atoms. The number of carbonyl (C=O) groups excluding carboxylic acids is 1. The lowest BCUT2D eigenvalue weighted by atomic mass is 9.95. The maximum atomic E-state index is 11.9. The zero-order valence-electron chi connectivity index (χ0n) is 14.0. The summed E-state index contributed by atoms with van der Waals surface area (Å²) in [5.41, 5.74) is -0.669. The lowest BCUT2D eigenvalue weighted by Crippen LogP contribution is -2.50. The van der Waals surface area contributed by atoms with E-state index in [0.29, 0.717) is 13.0 Å². The first-order valence-corrected chi connectivity index (χ1v) is 7.97. The van der Waals surface area contributed by atoms with Crippen molar-refractivity contribution in [1.29, 1.82) is 0 Å². The van der Waals surface area contributed by atoms with Gasteiger partial charge >= 0.3 is 5.97 Å². The van der Waals surface area contributed by atoms with E-state index in [2.05, 4.69) is 12.2 Å². The number of carbonyl (C=O) groups is 1. The Bertz CT molecular complexity index is 258.